The first-order valence-corrected chi connectivity index (χ1v) is 9.56. The van der Waals surface area contributed by atoms with Gasteiger partial charge in [-0.3, -0.25) is 9.36 Å². The third kappa shape index (κ3) is 3.46. The number of rotatable bonds is 3. The van der Waals surface area contributed by atoms with Crippen LogP contribution in [0, 0.1) is 5.41 Å². The molecule has 1 aromatic heterocycles. The minimum Gasteiger partial charge on any atom is -0.381 e. The fourth-order valence-electron chi connectivity index (χ4n) is 4.05. The summed E-state index contributed by atoms with van der Waals surface area (Å²) in [7, 11) is 0. The Morgan fingerprint density at radius 2 is 2.04 bits per heavy atom. The van der Waals surface area contributed by atoms with E-state index in [2.05, 4.69) is 4.98 Å². The number of aromatic amines is 1. The Hall–Kier alpha value is -1.63. The van der Waals surface area contributed by atoms with Crippen molar-refractivity contribution in [3.63, 3.8) is 0 Å². The number of aromatic nitrogens is 2. The smallest absolute Gasteiger partial charge is 0.328 e. The van der Waals surface area contributed by atoms with Crippen LogP contribution in [0.15, 0.2) is 27.8 Å². The molecular weight excluding hydrogens is 356 g/mol. The molecule has 0 aliphatic carbocycles. The lowest BCUT2D eigenvalue weighted by Crippen LogP contribution is -2.41. The summed E-state index contributed by atoms with van der Waals surface area (Å²) < 4.78 is 12.8. The van der Waals surface area contributed by atoms with Crippen LogP contribution in [-0.2, 0) is 16.0 Å². The van der Waals surface area contributed by atoms with Gasteiger partial charge < -0.3 is 14.5 Å². The van der Waals surface area contributed by atoms with Crippen LogP contribution in [-0.4, -0.2) is 35.5 Å². The Morgan fingerprint density at radius 1 is 1.23 bits per heavy atom. The van der Waals surface area contributed by atoms with Gasteiger partial charge in [0.1, 0.15) is 0 Å². The number of nitrogens with zero attached hydrogens (tertiary/aromatic N) is 1. The molecule has 26 heavy (non-hydrogen) atoms. The monoisotopic (exact) mass is 378 g/mol. The van der Waals surface area contributed by atoms with E-state index in [1.165, 1.54) is 4.57 Å². The third-order valence-corrected chi connectivity index (χ3v) is 6.03. The molecule has 1 aromatic carbocycles. The van der Waals surface area contributed by atoms with Gasteiger partial charge in [-0.05, 0) is 55.7 Å². The first kappa shape index (κ1) is 17.8. The summed E-state index contributed by atoms with van der Waals surface area (Å²) in [5.74, 6) is 0. The zero-order chi connectivity index (χ0) is 18.1. The van der Waals surface area contributed by atoms with E-state index in [0.717, 1.165) is 45.5 Å². The molecule has 2 aliphatic rings. The molecule has 1 N–H and O–H groups in total. The van der Waals surface area contributed by atoms with Crippen LogP contribution in [0.25, 0.3) is 10.9 Å². The molecule has 0 radical (unpaired) electrons. The Balaban J connectivity index is 1.45. The molecule has 0 amide bonds. The first-order chi connectivity index (χ1) is 12.6. The average molecular weight is 379 g/mol. The minimum absolute atomic E-state index is 0.0932. The average Bonchev–Trinajstić information content (AvgIpc) is 2.63. The number of H-pyrrole nitrogens is 1. The maximum absolute atomic E-state index is 12.6. The van der Waals surface area contributed by atoms with E-state index in [9.17, 15) is 9.59 Å². The van der Waals surface area contributed by atoms with E-state index >= 15 is 0 Å². The van der Waals surface area contributed by atoms with E-state index in [0.29, 0.717) is 28.9 Å². The summed E-state index contributed by atoms with van der Waals surface area (Å²) in [6, 6.07) is 4.91. The van der Waals surface area contributed by atoms with Gasteiger partial charge in [0.05, 0.1) is 23.6 Å². The number of hydrogen-bond donors (Lipinski definition) is 1. The molecule has 7 heteroatoms. The molecule has 1 unspecified atom stereocenters. The van der Waals surface area contributed by atoms with Gasteiger partial charge in [0.25, 0.3) is 5.56 Å². The molecule has 0 bridgehead atoms. The number of halogens is 1. The van der Waals surface area contributed by atoms with Crippen LogP contribution < -0.4 is 11.2 Å². The van der Waals surface area contributed by atoms with Gasteiger partial charge in [-0.15, -0.1) is 0 Å². The van der Waals surface area contributed by atoms with E-state index in [4.69, 9.17) is 21.1 Å². The fraction of sp³-hybridized carbons (Fsp3) is 0.579. The minimum atomic E-state index is -0.401. The maximum Gasteiger partial charge on any atom is 0.328 e. The van der Waals surface area contributed by atoms with E-state index < -0.39 is 5.69 Å². The quantitative estimate of drug-likeness (QED) is 0.891. The first-order valence-electron chi connectivity index (χ1n) is 9.18. The summed E-state index contributed by atoms with van der Waals surface area (Å²) in [5, 5.41) is 0.961. The molecule has 1 atom stereocenters. The standard InChI is InChI=1S/C19H23ClN2O4/c20-13-1-2-15-16(11-13)21-18(24)22(17(15)23)8-4-14-3-5-19(12-26-14)6-9-25-10-7-19/h1-2,11,14H,3-10,12H2,(H,21,24). The maximum atomic E-state index is 12.6. The Morgan fingerprint density at radius 3 is 2.77 bits per heavy atom. The molecular formula is C19H23ClN2O4. The molecule has 2 saturated heterocycles. The van der Waals surface area contributed by atoms with Gasteiger partial charge in [-0.2, -0.15) is 0 Å². The predicted molar refractivity (Wildman–Crippen MR) is 99.9 cm³/mol. The zero-order valence-corrected chi connectivity index (χ0v) is 15.4. The number of benzene rings is 1. The van der Waals surface area contributed by atoms with Crippen LogP contribution in [0.4, 0.5) is 0 Å². The number of ether oxygens (including phenoxy) is 2. The highest BCUT2D eigenvalue weighted by atomic mass is 35.5. The lowest BCUT2D eigenvalue weighted by atomic mass is 9.75. The van der Waals surface area contributed by atoms with Crippen molar-refractivity contribution in [3.05, 3.63) is 44.1 Å². The molecule has 6 nitrogen and oxygen atoms in total. The number of nitrogens with one attached hydrogen (secondary N) is 1. The second-order valence-electron chi connectivity index (χ2n) is 7.45. The van der Waals surface area contributed by atoms with Crippen molar-refractivity contribution in [1.29, 1.82) is 0 Å². The van der Waals surface area contributed by atoms with Crippen molar-refractivity contribution >= 4 is 22.5 Å². The van der Waals surface area contributed by atoms with E-state index in [1.54, 1.807) is 18.2 Å². The van der Waals surface area contributed by atoms with Gasteiger partial charge >= 0.3 is 5.69 Å². The van der Waals surface area contributed by atoms with Gasteiger partial charge in [0.2, 0.25) is 0 Å². The van der Waals surface area contributed by atoms with Crippen molar-refractivity contribution in [2.24, 2.45) is 5.41 Å². The summed E-state index contributed by atoms with van der Waals surface area (Å²) in [6.07, 6.45) is 4.97. The van der Waals surface area contributed by atoms with Gasteiger partial charge in [0, 0.05) is 24.8 Å². The lowest BCUT2D eigenvalue weighted by molar-refractivity contribution is -0.107. The summed E-state index contributed by atoms with van der Waals surface area (Å²) >= 11 is 5.93. The molecule has 0 saturated carbocycles. The highest BCUT2D eigenvalue weighted by molar-refractivity contribution is 6.31. The van der Waals surface area contributed by atoms with Crippen molar-refractivity contribution in [2.75, 3.05) is 19.8 Å². The Bertz CT molecular complexity index is 904. The van der Waals surface area contributed by atoms with Crippen molar-refractivity contribution < 1.29 is 9.47 Å². The zero-order valence-electron chi connectivity index (χ0n) is 14.6. The van der Waals surface area contributed by atoms with E-state index in [1.807, 2.05) is 0 Å². The summed E-state index contributed by atoms with van der Waals surface area (Å²) in [5.41, 5.74) is 0.0587. The van der Waals surface area contributed by atoms with Gasteiger partial charge in [0.15, 0.2) is 0 Å². The second-order valence-corrected chi connectivity index (χ2v) is 7.89. The fourth-order valence-corrected chi connectivity index (χ4v) is 4.22. The van der Waals surface area contributed by atoms with Crippen LogP contribution in [0.2, 0.25) is 5.02 Å². The van der Waals surface area contributed by atoms with Crippen molar-refractivity contribution in [2.45, 2.75) is 44.8 Å². The molecule has 1 spiro atoms. The number of hydrogen-bond acceptors (Lipinski definition) is 4. The topological polar surface area (TPSA) is 73.3 Å². The molecule has 3 heterocycles. The third-order valence-electron chi connectivity index (χ3n) is 5.79. The van der Waals surface area contributed by atoms with Crippen LogP contribution in [0.5, 0.6) is 0 Å². The lowest BCUT2D eigenvalue weighted by Gasteiger charge is -2.42. The van der Waals surface area contributed by atoms with Crippen LogP contribution >= 0.6 is 11.6 Å². The van der Waals surface area contributed by atoms with Crippen molar-refractivity contribution in [1.82, 2.24) is 9.55 Å². The van der Waals surface area contributed by atoms with E-state index in [-0.39, 0.29) is 17.1 Å². The largest absolute Gasteiger partial charge is 0.381 e. The van der Waals surface area contributed by atoms with Crippen LogP contribution in [0.3, 0.4) is 0 Å². The molecule has 2 fully saturated rings. The summed E-state index contributed by atoms with van der Waals surface area (Å²) in [6.45, 7) is 2.75. The molecule has 140 valence electrons. The van der Waals surface area contributed by atoms with Gasteiger partial charge in [-0.25, -0.2) is 4.79 Å². The Labute approximate surface area is 156 Å². The predicted octanol–water partition coefficient (Wildman–Crippen LogP) is 2.71. The Kier molecular flexibility index (Phi) is 4.90. The molecule has 4 rings (SSSR count). The highest BCUT2D eigenvalue weighted by Crippen LogP contribution is 2.40. The van der Waals surface area contributed by atoms with Crippen molar-refractivity contribution in [3.8, 4) is 0 Å². The second kappa shape index (κ2) is 7.18. The molecule has 2 aliphatic heterocycles. The highest BCUT2D eigenvalue weighted by Gasteiger charge is 2.37. The van der Waals surface area contributed by atoms with Crippen LogP contribution in [0.1, 0.15) is 32.1 Å². The normalized spacial score (nSPS) is 22.7. The van der Waals surface area contributed by atoms with Gasteiger partial charge in [-0.1, -0.05) is 11.6 Å². The summed E-state index contributed by atoms with van der Waals surface area (Å²) in [4.78, 5) is 27.7. The molecule has 2 aromatic rings. The number of fused-ring (bicyclic) bond motifs is 1. The SMILES string of the molecule is O=c1[nH]c2cc(Cl)ccc2c(=O)n1CCC1CCC2(CCOCC2)CO1.